The molecule has 0 bridgehead atoms. The molecule has 1 aliphatic heterocycles. The summed E-state index contributed by atoms with van der Waals surface area (Å²) in [5.74, 6) is 0.464. The van der Waals surface area contributed by atoms with Gasteiger partial charge in [0.25, 0.3) is 5.91 Å². The Morgan fingerprint density at radius 3 is 2.53 bits per heavy atom. The lowest BCUT2D eigenvalue weighted by molar-refractivity contribution is -0.145. The van der Waals surface area contributed by atoms with Crippen molar-refractivity contribution in [2.24, 2.45) is 11.7 Å². The standard InChI is InChI=1S/C13H26N2O2/c1-4-11(5-2)15(8-7-14)13(16)12-10(3)6-9-17-12/h10-12H,4-9,14H2,1-3H3. The summed E-state index contributed by atoms with van der Waals surface area (Å²) in [5, 5.41) is 0. The molecule has 2 atom stereocenters. The van der Waals surface area contributed by atoms with Gasteiger partial charge in [-0.2, -0.15) is 0 Å². The number of carbonyl (C=O) groups excluding carboxylic acids is 1. The van der Waals surface area contributed by atoms with Crippen LogP contribution in [0, 0.1) is 5.92 Å². The van der Waals surface area contributed by atoms with Gasteiger partial charge < -0.3 is 15.4 Å². The molecule has 17 heavy (non-hydrogen) atoms. The molecule has 1 amide bonds. The van der Waals surface area contributed by atoms with Crippen LogP contribution in [0.4, 0.5) is 0 Å². The van der Waals surface area contributed by atoms with E-state index >= 15 is 0 Å². The van der Waals surface area contributed by atoms with E-state index in [1.165, 1.54) is 0 Å². The van der Waals surface area contributed by atoms with Gasteiger partial charge in [0.1, 0.15) is 6.10 Å². The van der Waals surface area contributed by atoms with Crippen LogP contribution in [-0.4, -0.2) is 42.6 Å². The second-order valence-corrected chi connectivity index (χ2v) is 4.85. The van der Waals surface area contributed by atoms with Crippen LogP contribution in [-0.2, 0) is 9.53 Å². The number of hydrogen-bond acceptors (Lipinski definition) is 3. The molecule has 1 saturated heterocycles. The molecule has 0 aromatic rings. The van der Waals surface area contributed by atoms with Crippen molar-refractivity contribution in [3.63, 3.8) is 0 Å². The Labute approximate surface area is 104 Å². The number of amides is 1. The first-order valence-corrected chi connectivity index (χ1v) is 6.77. The monoisotopic (exact) mass is 242 g/mol. The first-order valence-electron chi connectivity index (χ1n) is 6.77. The number of ether oxygens (including phenoxy) is 1. The predicted octanol–water partition coefficient (Wildman–Crippen LogP) is 1.39. The predicted molar refractivity (Wildman–Crippen MR) is 68.7 cm³/mol. The highest BCUT2D eigenvalue weighted by Crippen LogP contribution is 2.23. The number of nitrogens with zero attached hydrogens (tertiary/aromatic N) is 1. The Morgan fingerprint density at radius 2 is 2.12 bits per heavy atom. The van der Waals surface area contributed by atoms with Gasteiger partial charge >= 0.3 is 0 Å². The second kappa shape index (κ2) is 6.97. The van der Waals surface area contributed by atoms with Crippen LogP contribution in [0.3, 0.4) is 0 Å². The summed E-state index contributed by atoms with van der Waals surface area (Å²) in [6.45, 7) is 8.18. The van der Waals surface area contributed by atoms with Gasteiger partial charge in [-0.15, -0.1) is 0 Å². The Balaban J connectivity index is 2.71. The van der Waals surface area contributed by atoms with Crippen molar-refractivity contribution >= 4 is 5.91 Å². The van der Waals surface area contributed by atoms with Crippen LogP contribution in [0.1, 0.15) is 40.0 Å². The van der Waals surface area contributed by atoms with E-state index in [9.17, 15) is 4.79 Å². The maximum Gasteiger partial charge on any atom is 0.252 e. The highest BCUT2D eigenvalue weighted by atomic mass is 16.5. The highest BCUT2D eigenvalue weighted by Gasteiger charge is 2.35. The van der Waals surface area contributed by atoms with E-state index < -0.39 is 0 Å². The Kier molecular flexibility index (Phi) is 5.92. The van der Waals surface area contributed by atoms with Crippen molar-refractivity contribution in [1.29, 1.82) is 0 Å². The molecule has 0 saturated carbocycles. The van der Waals surface area contributed by atoms with Gasteiger partial charge in [-0.1, -0.05) is 20.8 Å². The molecule has 2 N–H and O–H groups in total. The molecular weight excluding hydrogens is 216 g/mol. The number of rotatable bonds is 6. The zero-order valence-corrected chi connectivity index (χ0v) is 11.3. The van der Waals surface area contributed by atoms with E-state index in [-0.39, 0.29) is 12.0 Å². The molecule has 1 heterocycles. The number of hydrogen-bond donors (Lipinski definition) is 1. The topological polar surface area (TPSA) is 55.6 Å². The van der Waals surface area contributed by atoms with Gasteiger partial charge in [-0.3, -0.25) is 4.79 Å². The van der Waals surface area contributed by atoms with E-state index in [1.54, 1.807) is 0 Å². The zero-order valence-electron chi connectivity index (χ0n) is 11.3. The lowest BCUT2D eigenvalue weighted by atomic mass is 10.0. The van der Waals surface area contributed by atoms with E-state index in [0.717, 1.165) is 19.3 Å². The molecule has 4 nitrogen and oxygen atoms in total. The van der Waals surface area contributed by atoms with E-state index in [0.29, 0.717) is 31.7 Å². The molecule has 0 aliphatic carbocycles. The quantitative estimate of drug-likeness (QED) is 0.765. The van der Waals surface area contributed by atoms with Gasteiger partial charge in [0.15, 0.2) is 0 Å². The summed E-state index contributed by atoms with van der Waals surface area (Å²) in [5.41, 5.74) is 5.61. The van der Waals surface area contributed by atoms with Crippen molar-refractivity contribution in [2.45, 2.75) is 52.2 Å². The molecule has 1 rings (SSSR count). The summed E-state index contributed by atoms with van der Waals surface area (Å²) in [4.78, 5) is 14.4. The summed E-state index contributed by atoms with van der Waals surface area (Å²) in [6.07, 6.45) is 2.68. The minimum atomic E-state index is -0.248. The van der Waals surface area contributed by atoms with Crippen LogP contribution in [0.5, 0.6) is 0 Å². The first kappa shape index (κ1) is 14.5. The van der Waals surface area contributed by atoms with Gasteiger partial charge in [0, 0.05) is 25.7 Å². The Morgan fingerprint density at radius 1 is 1.47 bits per heavy atom. The lowest BCUT2D eigenvalue weighted by Gasteiger charge is -2.33. The zero-order chi connectivity index (χ0) is 12.8. The maximum absolute atomic E-state index is 12.5. The smallest absolute Gasteiger partial charge is 0.252 e. The molecule has 100 valence electrons. The van der Waals surface area contributed by atoms with Crippen LogP contribution in [0.2, 0.25) is 0 Å². The van der Waals surface area contributed by atoms with E-state index in [2.05, 4.69) is 20.8 Å². The second-order valence-electron chi connectivity index (χ2n) is 4.85. The van der Waals surface area contributed by atoms with Crippen molar-refractivity contribution in [2.75, 3.05) is 19.7 Å². The first-order chi connectivity index (χ1) is 8.15. The molecule has 1 aliphatic rings. The van der Waals surface area contributed by atoms with Crippen LogP contribution >= 0.6 is 0 Å². The van der Waals surface area contributed by atoms with Gasteiger partial charge in [-0.25, -0.2) is 0 Å². The third-order valence-electron chi connectivity index (χ3n) is 3.67. The molecule has 0 aromatic carbocycles. The lowest BCUT2D eigenvalue weighted by Crippen LogP contribution is -2.48. The van der Waals surface area contributed by atoms with E-state index in [4.69, 9.17) is 10.5 Å². The molecule has 0 spiro atoms. The molecule has 2 unspecified atom stereocenters. The fraction of sp³-hybridized carbons (Fsp3) is 0.923. The average molecular weight is 242 g/mol. The minimum Gasteiger partial charge on any atom is -0.368 e. The van der Waals surface area contributed by atoms with Gasteiger partial charge in [0.05, 0.1) is 0 Å². The number of nitrogens with two attached hydrogens (primary N) is 1. The van der Waals surface area contributed by atoms with Crippen LogP contribution in [0.25, 0.3) is 0 Å². The average Bonchev–Trinajstić information content (AvgIpc) is 2.75. The summed E-state index contributed by atoms with van der Waals surface area (Å²) >= 11 is 0. The third-order valence-corrected chi connectivity index (χ3v) is 3.67. The van der Waals surface area contributed by atoms with Crippen molar-refractivity contribution in [1.82, 2.24) is 4.90 Å². The summed E-state index contributed by atoms with van der Waals surface area (Å²) in [6, 6.07) is 0.294. The minimum absolute atomic E-state index is 0.133. The van der Waals surface area contributed by atoms with Crippen LogP contribution in [0.15, 0.2) is 0 Å². The normalized spacial score (nSPS) is 24.3. The number of carbonyl (C=O) groups is 1. The summed E-state index contributed by atoms with van der Waals surface area (Å²) in [7, 11) is 0. The fourth-order valence-corrected chi connectivity index (χ4v) is 2.52. The van der Waals surface area contributed by atoms with E-state index in [1.807, 2.05) is 4.90 Å². The van der Waals surface area contributed by atoms with Crippen molar-refractivity contribution < 1.29 is 9.53 Å². The molecule has 1 fully saturated rings. The Hall–Kier alpha value is -0.610. The fourth-order valence-electron chi connectivity index (χ4n) is 2.52. The van der Waals surface area contributed by atoms with Gasteiger partial charge in [-0.05, 0) is 25.2 Å². The SMILES string of the molecule is CCC(CC)N(CCN)C(=O)C1OCCC1C. The maximum atomic E-state index is 12.5. The molecule has 4 heteroatoms. The Bertz CT molecular complexity index is 242. The van der Waals surface area contributed by atoms with Crippen molar-refractivity contribution in [3.8, 4) is 0 Å². The third kappa shape index (κ3) is 3.42. The molecule has 0 radical (unpaired) electrons. The largest absolute Gasteiger partial charge is 0.368 e. The van der Waals surface area contributed by atoms with Gasteiger partial charge in [0.2, 0.25) is 0 Å². The molecular formula is C13H26N2O2. The highest BCUT2D eigenvalue weighted by molar-refractivity contribution is 5.81. The summed E-state index contributed by atoms with van der Waals surface area (Å²) < 4.78 is 5.56. The van der Waals surface area contributed by atoms with Crippen LogP contribution < -0.4 is 5.73 Å². The van der Waals surface area contributed by atoms with Crippen molar-refractivity contribution in [3.05, 3.63) is 0 Å². The molecule has 0 aromatic heterocycles.